The Bertz CT molecular complexity index is 860. The number of hydrogen-bond acceptors (Lipinski definition) is 5. The molecular weight excluding hydrogens is 284 g/mol. The molecule has 0 aliphatic heterocycles. The number of hydrogen-bond donors (Lipinski definition) is 2. The number of rotatable bonds is 3. The minimum atomic E-state index is -0.981. The van der Waals surface area contributed by atoms with Crippen LogP contribution in [0.2, 0.25) is 0 Å². The summed E-state index contributed by atoms with van der Waals surface area (Å²) < 4.78 is 5.11. The van der Waals surface area contributed by atoms with Crippen LogP contribution in [0, 0.1) is 0 Å². The highest BCUT2D eigenvalue weighted by Crippen LogP contribution is 2.34. The van der Waals surface area contributed by atoms with Gasteiger partial charge in [-0.1, -0.05) is 12.1 Å². The molecule has 1 aromatic heterocycles. The predicted octanol–water partition coefficient (Wildman–Crippen LogP) is 2.71. The van der Waals surface area contributed by atoms with E-state index in [9.17, 15) is 9.90 Å². The lowest BCUT2D eigenvalue weighted by Crippen LogP contribution is -1.96. The molecule has 110 valence electrons. The van der Waals surface area contributed by atoms with Crippen LogP contribution in [0.25, 0.3) is 22.2 Å². The van der Waals surface area contributed by atoms with Gasteiger partial charge in [-0.15, -0.1) is 0 Å². The Morgan fingerprint density at radius 2 is 1.86 bits per heavy atom. The molecule has 0 radical (unpaired) electrons. The predicted molar refractivity (Wildman–Crippen MR) is 80.2 cm³/mol. The number of ether oxygens (including phenoxy) is 1. The van der Waals surface area contributed by atoms with E-state index < -0.39 is 5.97 Å². The normalized spacial score (nSPS) is 10.6. The Labute approximate surface area is 125 Å². The number of phenolic OH excluding ortho intramolecular Hbond substituents is 1. The van der Waals surface area contributed by atoms with Crippen LogP contribution >= 0.6 is 0 Å². The summed E-state index contributed by atoms with van der Waals surface area (Å²) in [5, 5.41) is 19.5. The lowest BCUT2D eigenvalue weighted by Gasteiger charge is -2.09. The Balaban J connectivity index is 2.19. The molecule has 0 atom stereocenters. The van der Waals surface area contributed by atoms with Crippen molar-refractivity contribution in [2.75, 3.05) is 7.11 Å². The van der Waals surface area contributed by atoms with Crippen molar-refractivity contribution in [2.24, 2.45) is 0 Å². The van der Waals surface area contributed by atoms with Crippen LogP contribution in [-0.2, 0) is 0 Å². The lowest BCUT2D eigenvalue weighted by atomic mass is 10.0. The first kappa shape index (κ1) is 13.8. The van der Waals surface area contributed by atoms with E-state index >= 15 is 0 Å². The molecule has 0 fully saturated rings. The van der Waals surface area contributed by atoms with E-state index in [4.69, 9.17) is 9.84 Å². The number of carboxylic acids is 1. The number of nitrogens with zero attached hydrogens (tertiary/aromatic N) is 2. The van der Waals surface area contributed by atoms with Gasteiger partial charge >= 0.3 is 5.97 Å². The topological polar surface area (TPSA) is 92.5 Å². The molecule has 0 unspecified atom stereocenters. The summed E-state index contributed by atoms with van der Waals surface area (Å²) in [6.07, 6.45) is 1.40. The molecule has 6 heteroatoms. The summed E-state index contributed by atoms with van der Waals surface area (Å²) in [6.45, 7) is 0. The van der Waals surface area contributed by atoms with Gasteiger partial charge in [-0.25, -0.2) is 14.8 Å². The summed E-state index contributed by atoms with van der Waals surface area (Å²) >= 11 is 0. The number of aromatic hydroxyl groups is 1. The van der Waals surface area contributed by atoms with Crippen LogP contribution in [0.4, 0.5) is 0 Å². The SMILES string of the molecule is COc1cc2c(-c3ccc(C(=O)O)cc3)ncnc2cc1O. The Kier molecular flexibility index (Phi) is 3.34. The van der Waals surface area contributed by atoms with Crippen LogP contribution in [0.1, 0.15) is 10.4 Å². The number of benzene rings is 2. The molecule has 3 rings (SSSR count). The van der Waals surface area contributed by atoms with E-state index in [1.54, 1.807) is 18.2 Å². The van der Waals surface area contributed by atoms with Gasteiger partial charge in [0.2, 0.25) is 0 Å². The second kappa shape index (κ2) is 5.33. The van der Waals surface area contributed by atoms with Crippen molar-refractivity contribution in [1.29, 1.82) is 0 Å². The standard InChI is InChI=1S/C16H12N2O4/c1-22-14-6-11-12(7-13(14)19)17-8-18-15(11)9-2-4-10(5-3-9)16(20)21/h2-8,19H,1H3,(H,20,21). The zero-order valence-corrected chi connectivity index (χ0v) is 11.6. The number of aromatic nitrogens is 2. The number of methoxy groups -OCH3 is 1. The summed E-state index contributed by atoms with van der Waals surface area (Å²) in [4.78, 5) is 19.3. The molecule has 0 aliphatic rings. The van der Waals surface area contributed by atoms with E-state index in [-0.39, 0.29) is 11.3 Å². The number of aromatic carboxylic acids is 1. The number of carboxylic acid groups (broad SMARTS) is 1. The van der Waals surface area contributed by atoms with Crippen LogP contribution in [-0.4, -0.2) is 33.3 Å². The summed E-state index contributed by atoms with van der Waals surface area (Å²) in [6, 6.07) is 9.57. The van der Waals surface area contributed by atoms with Crippen molar-refractivity contribution >= 4 is 16.9 Å². The highest BCUT2D eigenvalue weighted by molar-refractivity contribution is 5.95. The van der Waals surface area contributed by atoms with Crippen LogP contribution < -0.4 is 4.74 Å². The minimum absolute atomic E-state index is 0.000810. The highest BCUT2D eigenvalue weighted by Gasteiger charge is 2.11. The fourth-order valence-corrected chi connectivity index (χ4v) is 2.24. The van der Waals surface area contributed by atoms with Gasteiger partial charge in [0.1, 0.15) is 6.33 Å². The number of carbonyl (C=O) groups is 1. The third-order valence-corrected chi connectivity index (χ3v) is 3.34. The first-order valence-corrected chi connectivity index (χ1v) is 6.45. The van der Waals surface area contributed by atoms with Crippen molar-refractivity contribution in [3.63, 3.8) is 0 Å². The van der Waals surface area contributed by atoms with Crippen molar-refractivity contribution in [3.8, 4) is 22.8 Å². The number of phenols is 1. The third-order valence-electron chi connectivity index (χ3n) is 3.34. The molecule has 6 nitrogen and oxygen atoms in total. The maximum absolute atomic E-state index is 10.9. The maximum Gasteiger partial charge on any atom is 0.335 e. The molecule has 0 saturated carbocycles. The second-order valence-electron chi connectivity index (χ2n) is 4.65. The Morgan fingerprint density at radius 1 is 1.14 bits per heavy atom. The highest BCUT2D eigenvalue weighted by atomic mass is 16.5. The lowest BCUT2D eigenvalue weighted by molar-refractivity contribution is 0.0697. The van der Waals surface area contributed by atoms with Crippen LogP contribution in [0.15, 0.2) is 42.7 Å². The molecule has 0 bridgehead atoms. The average molecular weight is 296 g/mol. The Hall–Kier alpha value is -3.15. The second-order valence-corrected chi connectivity index (χ2v) is 4.65. The van der Waals surface area contributed by atoms with Gasteiger partial charge < -0.3 is 14.9 Å². The molecular formula is C16H12N2O4. The monoisotopic (exact) mass is 296 g/mol. The molecule has 22 heavy (non-hydrogen) atoms. The summed E-state index contributed by atoms with van der Waals surface area (Å²) in [5.41, 5.74) is 2.17. The minimum Gasteiger partial charge on any atom is -0.504 e. The first-order valence-electron chi connectivity index (χ1n) is 6.45. The fraction of sp³-hybridized carbons (Fsp3) is 0.0625. The molecule has 2 N–H and O–H groups in total. The quantitative estimate of drug-likeness (QED) is 0.772. The van der Waals surface area contributed by atoms with Gasteiger partial charge in [-0.3, -0.25) is 0 Å². The average Bonchev–Trinajstić information content (AvgIpc) is 2.53. The van der Waals surface area contributed by atoms with E-state index in [1.807, 2.05) is 0 Å². The molecule has 2 aromatic carbocycles. The van der Waals surface area contributed by atoms with E-state index in [0.717, 1.165) is 5.56 Å². The maximum atomic E-state index is 10.9. The largest absolute Gasteiger partial charge is 0.504 e. The van der Waals surface area contributed by atoms with E-state index in [0.29, 0.717) is 22.3 Å². The molecule has 0 spiro atoms. The molecule has 0 amide bonds. The van der Waals surface area contributed by atoms with E-state index in [1.165, 1.54) is 31.6 Å². The van der Waals surface area contributed by atoms with Crippen LogP contribution in [0.5, 0.6) is 11.5 Å². The van der Waals surface area contributed by atoms with Crippen molar-refractivity contribution in [3.05, 3.63) is 48.3 Å². The Morgan fingerprint density at radius 3 is 2.50 bits per heavy atom. The van der Waals surface area contributed by atoms with Crippen molar-refractivity contribution < 1.29 is 19.7 Å². The molecule has 0 aliphatic carbocycles. The van der Waals surface area contributed by atoms with Gasteiger partial charge in [0, 0.05) is 17.0 Å². The summed E-state index contributed by atoms with van der Waals surface area (Å²) in [7, 11) is 1.46. The molecule has 1 heterocycles. The molecule has 0 saturated heterocycles. The number of fused-ring (bicyclic) bond motifs is 1. The first-order chi connectivity index (χ1) is 10.6. The van der Waals surface area contributed by atoms with Gasteiger partial charge in [0.05, 0.1) is 23.9 Å². The van der Waals surface area contributed by atoms with Gasteiger partial charge in [0.15, 0.2) is 11.5 Å². The molecule has 3 aromatic rings. The van der Waals surface area contributed by atoms with Crippen LogP contribution in [0.3, 0.4) is 0 Å². The van der Waals surface area contributed by atoms with E-state index in [2.05, 4.69) is 9.97 Å². The zero-order valence-electron chi connectivity index (χ0n) is 11.6. The van der Waals surface area contributed by atoms with Gasteiger partial charge in [0.25, 0.3) is 0 Å². The fourth-order valence-electron chi connectivity index (χ4n) is 2.24. The van der Waals surface area contributed by atoms with Crippen molar-refractivity contribution in [1.82, 2.24) is 9.97 Å². The van der Waals surface area contributed by atoms with Gasteiger partial charge in [-0.05, 0) is 18.2 Å². The third kappa shape index (κ3) is 2.31. The smallest absolute Gasteiger partial charge is 0.335 e. The van der Waals surface area contributed by atoms with Gasteiger partial charge in [-0.2, -0.15) is 0 Å². The summed E-state index contributed by atoms with van der Waals surface area (Å²) in [5.74, 6) is -0.655. The van der Waals surface area contributed by atoms with Crippen molar-refractivity contribution in [2.45, 2.75) is 0 Å². The zero-order chi connectivity index (χ0) is 15.7.